The molecule has 0 aliphatic heterocycles. The van der Waals surface area contributed by atoms with Gasteiger partial charge in [0.05, 0.1) is 11.8 Å². The van der Waals surface area contributed by atoms with Crippen molar-refractivity contribution in [1.82, 2.24) is 9.88 Å². The van der Waals surface area contributed by atoms with Gasteiger partial charge in [-0.25, -0.2) is 0 Å². The second-order valence-electron chi connectivity index (χ2n) is 4.84. The highest BCUT2D eigenvalue weighted by Crippen LogP contribution is 2.20. The highest BCUT2D eigenvalue weighted by Gasteiger charge is 2.12. The number of aliphatic hydroxyl groups is 1. The fourth-order valence-corrected chi connectivity index (χ4v) is 1.66. The Hall–Kier alpha value is -0.930. The van der Waals surface area contributed by atoms with Crippen LogP contribution < -0.4 is 0 Å². The van der Waals surface area contributed by atoms with E-state index in [0.29, 0.717) is 5.92 Å². The van der Waals surface area contributed by atoms with Gasteiger partial charge in [-0.3, -0.25) is 4.98 Å². The third-order valence-electron chi connectivity index (χ3n) is 2.54. The molecule has 0 amide bonds. The number of aliphatic hydroxyl groups excluding tert-OH is 1. The normalized spacial score (nSPS) is 13.5. The summed E-state index contributed by atoms with van der Waals surface area (Å²) in [6, 6.07) is 4.00. The zero-order valence-corrected chi connectivity index (χ0v) is 10.9. The molecule has 0 spiro atoms. The fourth-order valence-electron chi connectivity index (χ4n) is 1.66. The topological polar surface area (TPSA) is 36.4 Å². The van der Waals surface area contributed by atoms with Crippen LogP contribution in [-0.4, -0.2) is 29.1 Å². The van der Waals surface area contributed by atoms with Crippen molar-refractivity contribution in [2.45, 2.75) is 39.3 Å². The molecule has 1 aromatic heterocycles. The molecule has 3 nitrogen and oxygen atoms in total. The largest absolute Gasteiger partial charge is 0.389 e. The molecule has 0 aliphatic rings. The summed E-state index contributed by atoms with van der Waals surface area (Å²) in [5, 5.41) is 9.69. The lowest BCUT2D eigenvalue weighted by molar-refractivity contribution is 0.196. The number of nitrogens with zero attached hydrogens (tertiary/aromatic N) is 2. The van der Waals surface area contributed by atoms with E-state index in [1.165, 1.54) is 0 Å². The summed E-state index contributed by atoms with van der Waals surface area (Å²) in [6.07, 6.45) is -0.455. The second-order valence-corrected chi connectivity index (χ2v) is 4.84. The van der Waals surface area contributed by atoms with Gasteiger partial charge in [0.25, 0.3) is 0 Å². The summed E-state index contributed by atoms with van der Waals surface area (Å²) < 4.78 is 0. The van der Waals surface area contributed by atoms with Crippen LogP contribution in [0, 0.1) is 0 Å². The molecule has 0 aromatic carbocycles. The van der Waals surface area contributed by atoms with Crippen LogP contribution in [0.25, 0.3) is 0 Å². The van der Waals surface area contributed by atoms with Crippen LogP contribution in [0.3, 0.4) is 0 Å². The number of pyridine rings is 1. The highest BCUT2D eigenvalue weighted by molar-refractivity contribution is 5.26. The first-order chi connectivity index (χ1) is 7.41. The van der Waals surface area contributed by atoms with Gasteiger partial charge in [-0.2, -0.15) is 0 Å². The number of hydrogen-bond acceptors (Lipinski definition) is 3. The van der Waals surface area contributed by atoms with Crippen LogP contribution in [-0.2, 0) is 6.54 Å². The minimum Gasteiger partial charge on any atom is -0.389 e. The van der Waals surface area contributed by atoms with Gasteiger partial charge in [0, 0.05) is 17.8 Å². The molecule has 1 N–H and O–H groups in total. The van der Waals surface area contributed by atoms with E-state index in [2.05, 4.69) is 23.7 Å². The molecule has 3 heteroatoms. The van der Waals surface area contributed by atoms with Gasteiger partial charge < -0.3 is 10.0 Å². The minimum atomic E-state index is -0.455. The molecule has 16 heavy (non-hydrogen) atoms. The average Bonchev–Trinajstić information content (AvgIpc) is 2.15. The summed E-state index contributed by atoms with van der Waals surface area (Å²) in [6.45, 7) is 6.81. The van der Waals surface area contributed by atoms with Crippen LogP contribution in [0.1, 0.15) is 49.7 Å². The smallest absolute Gasteiger partial charge is 0.0780 e. The summed E-state index contributed by atoms with van der Waals surface area (Å²) >= 11 is 0. The molecule has 0 unspecified atom stereocenters. The monoisotopic (exact) mass is 222 g/mol. The Balaban J connectivity index is 3.10. The van der Waals surface area contributed by atoms with E-state index in [9.17, 15) is 5.11 Å². The summed E-state index contributed by atoms with van der Waals surface area (Å²) in [7, 11) is 4.02. The number of hydrogen-bond donors (Lipinski definition) is 1. The van der Waals surface area contributed by atoms with E-state index in [0.717, 1.165) is 23.5 Å². The molecule has 0 saturated carbocycles. The summed E-state index contributed by atoms with van der Waals surface area (Å²) in [5.41, 5.74) is 2.99. The first-order valence-electron chi connectivity index (χ1n) is 5.74. The second kappa shape index (κ2) is 5.41. The molecule has 0 bridgehead atoms. The maximum absolute atomic E-state index is 9.69. The van der Waals surface area contributed by atoms with Crippen LogP contribution in [0.2, 0.25) is 0 Å². The number of aromatic nitrogens is 1. The predicted octanol–water partition coefficient (Wildman–Crippen LogP) is 2.32. The van der Waals surface area contributed by atoms with Gasteiger partial charge in [0.1, 0.15) is 0 Å². The van der Waals surface area contributed by atoms with Crippen LogP contribution >= 0.6 is 0 Å². The van der Waals surface area contributed by atoms with E-state index < -0.39 is 6.10 Å². The lowest BCUT2D eigenvalue weighted by Gasteiger charge is -2.17. The van der Waals surface area contributed by atoms with E-state index >= 15 is 0 Å². The van der Waals surface area contributed by atoms with Gasteiger partial charge in [-0.05, 0) is 33.0 Å². The van der Waals surface area contributed by atoms with Crippen LogP contribution in [0.5, 0.6) is 0 Å². The fraction of sp³-hybridized carbons (Fsp3) is 0.615. The molecule has 1 aromatic rings. The molecular weight excluding hydrogens is 200 g/mol. The molecule has 0 saturated heterocycles. The van der Waals surface area contributed by atoms with Crippen molar-refractivity contribution in [3.05, 3.63) is 29.1 Å². The Bertz CT molecular complexity index is 346. The maximum atomic E-state index is 9.69. The molecule has 1 atom stereocenters. The predicted molar refractivity (Wildman–Crippen MR) is 66.4 cm³/mol. The zero-order valence-electron chi connectivity index (χ0n) is 10.9. The van der Waals surface area contributed by atoms with E-state index in [1.54, 1.807) is 6.92 Å². The first-order valence-corrected chi connectivity index (χ1v) is 5.74. The molecular formula is C13H22N2O. The highest BCUT2D eigenvalue weighted by atomic mass is 16.3. The molecule has 1 heterocycles. The Labute approximate surface area is 98.1 Å². The lowest BCUT2D eigenvalue weighted by Crippen LogP contribution is -2.15. The van der Waals surface area contributed by atoms with Gasteiger partial charge >= 0.3 is 0 Å². The Morgan fingerprint density at radius 2 is 1.88 bits per heavy atom. The van der Waals surface area contributed by atoms with Crippen LogP contribution in [0.4, 0.5) is 0 Å². The van der Waals surface area contributed by atoms with Crippen molar-refractivity contribution < 1.29 is 5.11 Å². The van der Waals surface area contributed by atoms with Crippen molar-refractivity contribution in [3.8, 4) is 0 Å². The summed E-state index contributed by atoms with van der Waals surface area (Å²) in [5.74, 6) is 0.420. The van der Waals surface area contributed by atoms with Crippen LogP contribution in [0.15, 0.2) is 12.1 Å². The lowest BCUT2D eigenvalue weighted by atomic mass is 10.0. The standard InChI is InChI=1S/C13H22N2O/c1-9(2)12-7-6-11(10(3)16)13(14-12)8-15(4)5/h6-7,9-10,16H,8H2,1-5H3/t10-/m1/s1. The first kappa shape index (κ1) is 13.1. The number of rotatable bonds is 4. The molecule has 0 aliphatic carbocycles. The van der Waals surface area contributed by atoms with E-state index in [1.807, 2.05) is 26.2 Å². The van der Waals surface area contributed by atoms with Crippen molar-refractivity contribution in [2.24, 2.45) is 0 Å². The van der Waals surface area contributed by atoms with Crippen molar-refractivity contribution in [2.75, 3.05) is 14.1 Å². The van der Waals surface area contributed by atoms with Gasteiger partial charge in [0.2, 0.25) is 0 Å². The van der Waals surface area contributed by atoms with Gasteiger partial charge in [-0.1, -0.05) is 19.9 Å². The molecule has 90 valence electrons. The third-order valence-corrected chi connectivity index (χ3v) is 2.54. The Kier molecular flexibility index (Phi) is 4.44. The Morgan fingerprint density at radius 1 is 1.25 bits per heavy atom. The Morgan fingerprint density at radius 3 is 2.31 bits per heavy atom. The van der Waals surface area contributed by atoms with Crippen molar-refractivity contribution >= 4 is 0 Å². The molecule has 1 rings (SSSR count). The SMILES string of the molecule is CC(C)c1ccc([C@@H](C)O)c(CN(C)C)n1. The van der Waals surface area contributed by atoms with Gasteiger partial charge in [0.15, 0.2) is 0 Å². The minimum absolute atomic E-state index is 0.420. The van der Waals surface area contributed by atoms with Crippen molar-refractivity contribution in [1.29, 1.82) is 0 Å². The molecule has 0 fully saturated rings. The average molecular weight is 222 g/mol. The summed E-state index contributed by atoms with van der Waals surface area (Å²) in [4.78, 5) is 6.70. The van der Waals surface area contributed by atoms with Crippen molar-refractivity contribution in [3.63, 3.8) is 0 Å². The quantitative estimate of drug-likeness (QED) is 0.849. The molecule has 0 radical (unpaired) electrons. The maximum Gasteiger partial charge on any atom is 0.0780 e. The zero-order chi connectivity index (χ0) is 12.3. The third kappa shape index (κ3) is 3.29. The van der Waals surface area contributed by atoms with E-state index in [-0.39, 0.29) is 0 Å². The van der Waals surface area contributed by atoms with E-state index in [4.69, 9.17) is 0 Å². The van der Waals surface area contributed by atoms with Gasteiger partial charge in [-0.15, -0.1) is 0 Å².